The molecule has 0 spiro atoms. The van der Waals surface area contributed by atoms with Crippen molar-refractivity contribution in [3.05, 3.63) is 0 Å². The molecule has 2 atom stereocenters. The first-order valence-electron chi connectivity index (χ1n) is 4.80. The molecule has 0 radical (unpaired) electrons. The number of nitrogens with two attached hydrogens (primary N) is 1. The highest BCUT2D eigenvalue weighted by Gasteiger charge is 2.33. The van der Waals surface area contributed by atoms with Crippen molar-refractivity contribution in [2.75, 3.05) is 5.75 Å². The first kappa shape index (κ1) is 11.4. The Hall–Kier alpha value is -0.710. The summed E-state index contributed by atoms with van der Waals surface area (Å²) in [5.74, 6) is 0.597. The molecule has 0 unspecified atom stereocenters. The van der Waals surface area contributed by atoms with Gasteiger partial charge in [-0.05, 0) is 12.8 Å². The van der Waals surface area contributed by atoms with Crippen molar-refractivity contribution in [2.24, 2.45) is 11.7 Å². The molecule has 1 saturated heterocycles. The Kier molecular flexibility index (Phi) is 4.25. The molecule has 0 aromatic rings. The lowest BCUT2D eigenvalue weighted by atomic mass is 10.0. The summed E-state index contributed by atoms with van der Waals surface area (Å²) in [5, 5.41) is 7.12. The number of thioether (sulfide) groups is 1. The summed E-state index contributed by atoms with van der Waals surface area (Å²) < 4.78 is 5.16. The van der Waals surface area contributed by atoms with Crippen LogP contribution < -0.4 is 5.73 Å². The van der Waals surface area contributed by atoms with Crippen LogP contribution in [0.3, 0.4) is 0 Å². The molecule has 0 bridgehead atoms. The molecule has 80 valence electrons. The normalized spacial score (nSPS) is 26.2. The molecule has 0 aromatic heterocycles. The SMILES string of the molecule is CCC[C@@H]1C[C@H](CSC(=N)N)OC1=O. The van der Waals surface area contributed by atoms with Crippen LogP contribution >= 0.6 is 11.8 Å². The average molecular weight is 216 g/mol. The van der Waals surface area contributed by atoms with Crippen molar-refractivity contribution in [3.63, 3.8) is 0 Å². The number of hydrogen-bond acceptors (Lipinski definition) is 4. The summed E-state index contributed by atoms with van der Waals surface area (Å²) in [6.07, 6.45) is 2.65. The van der Waals surface area contributed by atoms with Gasteiger partial charge in [-0.2, -0.15) is 0 Å². The summed E-state index contributed by atoms with van der Waals surface area (Å²) in [5.41, 5.74) is 5.20. The highest BCUT2D eigenvalue weighted by Crippen LogP contribution is 2.27. The lowest BCUT2D eigenvalue weighted by Crippen LogP contribution is -2.14. The minimum absolute atomic E-state index is 0.0482. The molecule has 0 aromatic carbocycles. The minimum atomic E-state index is -0.0824. The van der Waals surface area contributed by atoms with Crippen LogP contribution in [0.4, 0.5) is 0 Å². The topological polar surface area (TPSA) is 76.2 Å². The van der Waals surface area contributed by atoms with E-state index in [-0.39, 0.29) is 23.2 Å². The molecule has 0 saturated carbocycles. The van der Waals surface area contributed by atoms with Crippen molar-refractivity contribution in [3.8, 4) is 0 Å². The van der Waals surface area contributed by atoms with Crippen LogP contribution in [0.2, 0.25) is 0 Å². The molecular formula is C9H16N2O2S. The first-order valence-corrected chi connectivity index (χ1v) is 5.79. The quantitative estimate of drug-likeness (QED) is 0.422. The molecule has 3 N–H and O–H groups in total. The van der Waals surface area contributed by atoms with Crippen molar-refractivity contribution < 1.29 is 9.53 Å². The second kappa shape index (κ2) is 5.24. The van der Waals surface area contributed by atoms with Gasteiger partial charge in [0.25, 0.3) is 0 Å². The number of carbonyl (C=O) groups is 1. The number of carbonyl (C=O) groups excluding carboxylic acids is 1. The van der Waals surface area contributed by atoms with Gasteiger partial charge < -0.3 is 10.5 Å². The first-order chi connectivity index (χ1) is 6.63. The zero-order valence-corrected chi connectivity index (χ0v) is 9.10. The van der Waals surface area contributed by atoms with Crippen LogP contribution in [0.5, 0.6) is 0 Å². The Morgan fingerprint density at radius 3 is 3.07 bits per heavy atom. The Labute approximate surface area is 88.1 Å². The van der Waals surface area contributed by atoms with E-state index in [0.29, 0.717) is 5.75 Å². The second-order valence-electron chi connectivity index (χ2n) is 3.46. The summed E-state index contributed by atoms with van der Waals surface area (Å²) >= 11 is 1.23. The van der Waals surface area contributed by atoms with Gasteiger partial charge in [0.15, 0.2) is 5.17 Å². The van der Waals surface area contributed by atoms with Gasteiger partial charge in [-0.25, -0.2) is 0 Å². The number of esters is 1. The van der Waals surface area contributed by atoms with E-state index >= 15 is 0 Å². The molecular weight excluding hydrogens is 200 g/mol. The van der Waals surface area contributed by atoms with Gasteiger partial charge in [0.2, 0.25) is 0 Å². The molecule has 1 heterocycles. The summed E-state index contributed by atoms with van der Waals surface area (Å²) in [6, 6.07) is 0. The van der Waals surface area contributed by atoms with E-state index in [2.05, 4.69) is 6.92 Å². The number of nitrogens with one attached hydrogen (secondary N) is 1. The number of ether oxygens (including phenoxy) is 1. The fraction of sp³-hybridized carbons (Fsp3) is 0.778. The summed E-state index contributed by atoms with van der Waals surface area (Å²) in [6.45, 7) is 2.06. The van der Waals surface area contributed by atoms with Gasteiger partial charge >= 0.3 is 5.97 Å². The van der Waals surface area contributed by atoms with E-state index in [1.54, 1.807) is 0 Å². The highest BCUT2D eigenvalue weighted by molar-refractivity contribution is 8.13. The number of amidine groups is 1. The van der Waals surface area contributed by atoms with Gasteiger partial charge in [0.1, 0.15) is 6.10 Å². The summed E-state index contributed by atoms with van der Waals surface area (Å²) in [7, 11) is 0. The molecule has 1 aliphatic rings. The van der Waals surface area contributed by atoms with E-state index in [9.17, 15) is 4.79 Å². The maximum atomic E-state index is 11.3. The Bertz CT molecular complexity index is 233. The fourth-order valence-corrected chi connectivity index (χ4v) is 2.16. The molecule has 1 rings (SSSR count). The van der Waals surface area contributed by atoms with E-state index in [0.717, 1.165) is 19.3 Å². The Balaban J connectivity index is 2.31. The van der Waals surface area contributed by atoms with Crippen LogP contribution in [-0.2, 0) is 9.53 Å². The largest absolute Gasteiger partial charge is 0.461 e. The number of cyclic esters (lactones) is 1. The summed E-state index contributed by atoms with van der Waals surface area (Å²) in [4.78, 5) is 11.3. The molecule has 0 amide bonds. The van der Waals surface area contributed by atoms with Crippen LogP contribution in [0.1, 0.15) is 26.2 Å². The van der Waals surface area contributed by atoms with Gasteiger partial charge in [-0.15, -0.1) is 0 Å². The van der Waals surface area contributed by atoms with Gasteiger partial charge in [-0.1, -0.05) is 25.1 Å². The molecule has 0 aliphatic carbocycles. The van der Waals surface area contributed by atoms with Crippen molar-refractivity contribution in [1.29, 1.82) is 5.41 Å². The van der Waals surface area contributed by atoms with Crippen LogP contribution in [0.15, 0.2) is 0 Å². The molecule has 1 fully saturated rings. The van der Waals surface area contributed by atoms with Crippen molar-refractivity contribution in [1.82, 2.24) is 0 Å². The standard InChI is InChI=1S/C9H16N2O2S/c1-2-3-6-4-7(13-8(6)12)5-14-9(10)11/h6-7H,2-5H2,1H3,(H3,10,11)/t6-,7-/m1/s1. The zero-order chi connectivity index (χ0) is 10.6. The van der Waals surface area contributed by atoms with E-state index < -0.39 is 0 Å². The molecule has 14 heavy (non-hydrogen) atoms. The van der Waals surface area contributed by atoms with Crippen LogP contribution in [0, 0.1) is 11.3 Å². The molecule has 4 nitrogen and oxygen atoms in total. The second-order valence-corrected chi connectivity index (χ2v) is 4.52. The number of rotatable bonds is 4. The third kappa shape index (κ3) is 3.21. The molecule has 5 heteroatoms. The average Bonchev–Trinajstić information content (AvgIpc) is 2.45. The van der Waals surface area contributed by atoms with E-state index in [1.165, 1.54) is 11.8 Å². The van der Waals surface area contributed by atoms with Gasteiger partial charge in [0, 0.05) is 5.75 Å². The highest BCUT2D eigenvalue weighted by atomic mass is 32.2. The van der Waals surface area contributed by atoms with Gasteiger partial charge in [-0.3, -0.25) is 10.2 Å². The van der Waals surface area contributed by atoms with Crippen molar-refractivity contribution >= 4 is 22.9 Å². The zero-order valence-electron chi connectivity index (χ0n) is 8.29. The van der Waals surface area contributed by atoms with Crippen LogP contribution in [0.25, 0.3) is 0 Å². The Morgan fingerprint density at radius 2 is 2.50 bits per heavy atom. The lowest BCUT2D eigenvalue weighted by molar-refractivity contribution is -0.143. The molecule has 1 aliphatic heterocycles. The maximum absolute atomic E-state index is 11.3. The van der Waals surface area contributed by atoms with E-state index in [4.69, 9.17) is 15.9 Å². The van der Waals surface area contributed by atoms with Crippen LogP contribution in [-0.4, -0.2) is 23.0 Å². The fourth-order valence-electron chi connectivity index (χ4n) is 1.59. The third-order valence-corrected chi connectivity index (χ3v) is 3.07. The smallest absolute Gasteiger partial charge is 0.309 e. The predicted octanol–water partition coefficient (Wildman–Crippen LogP) is 1.34. The predicted molar refractivity (Wildman–Crippen MR) is 57.3 cm³/mol. The minimum Gasteiger partial charge on any atom is -0.461 e. The number of hydrogen-bond donors (Lipinski definition) is 2. The third-order valence-electron chi connectivity index (χ3n) is 2.23. The van der Waals surface area contributed by atoms with Crippen molar-refractivity contribution in [2.45, 2.75) is 32.3 Å². The monoisotopic (exact) mass is 216 g/mol. The lowest BCUT2D eigenvalue weighted by Gasteiger charge is -2.06. The van der Waals surface area contributed by atoms with Gasteiger partial charge in [0.05, 0.1) is 5.92 Å². The van der Waals surface area contributed by atoms with E-state index in [1.807, 2.05) is 0 Å². The Morgan fingerprint density at radius 1 is 1.79 bits per heavy atom. The maximum Gasteiger partial charge on any atom is 0.309 e.